The number of rotatable bonds is 8. The van der Waals surface area contributed by atoms with Gasteiger partial charge in [0.15, 0.2) is 5.96 Å². The van der Waals surface area contributed by atoms with Crippen molar-refractivity contribution < 1.29 is 4.74 Å². The molecule has 0 amide bonds. The molecule has 1 aromatic rings. The molecule has 0 bridgehead atoms. The molecule has 6 heteroatoms. The van der Waals surface area contributed by atoms with Crippen molar-refractivity contribution in [1.29, 1.82) is 0 Å². The van der Waals surface area contributed by atoms with Crippen LogP contribution in [0.2, 0.25) is 0 Å². The minimum atomic E-state index is 0. The molecule has 0 radical (unpaired) electrons. The van der Waals surface area contributed by atoms with Gasteiger partial charge < -0.3 is 15.4 Å². The molecule has 0 aliphatic carbocycles. The van der Waals surface area contributed by atoms with Gasteiger partial charge in [0.25, 0.3) is 0 Å². The van der Waals surface area contributed by atoms with Gasteiger partial charge in [0.05, 0.1) is 0 Å². The number of halogens is 1. The van der Waals surface area contributed by atoms with Gasteiger partial charge in [-0.2, -0.15) is 0 Å². The summed E-state index contributed by atoms with van der Waals surface area (Å²) < 4.78 is 5.04. The van der Waals surface area contributed by atoms with Gasteiger partial charge >= 0.3 is 0 Å². The van der Waals surface area contributed by atoms with Crippen LogP contribution in [-0.2, 0) is 11.2 Å². The van der Waals surface area contributed by atoms with Gasteiger partial charge in [-0.15, -0.1) is 35.3 Å². The van der Waals surface area contributed by atoms with Crippen LogP contribution in [0.5, 0.6) is 0 Å². The van der Waals surface area contributed by atoms with Crippen LogP contribution >= 0.6 is 35.3 Å². The second kappa shape index (κ2) is 12.2. The van der Waals surface area contributed by atoms with E-state index in [1.165, 1.54) is 9.75 Å². The molecule has 122 valence electrons. The second-order valence-electron chi connectivity index (χ2n) is 4.87. The van der Waals surface area contributed by atoms with Crippen molar-refractivity contribution in [2.75, 3.05) is 26.8 Å². The Hall–Kier alpha value is -0.340. The fourth-order valence-corrected chi connectivity index (χ4v) is 2.92. The highest BCUT2D eigenvalue weighted by Crippen LogP contribution is 2.16. The van der Waals surface area contributed by atoms with Gasteiger partial charge in [-0.1, -0.05) is 0 Å². The Balaban J connectivity index is 0.00000400. The van der Waals surface area contributed by atoms with Gasteiger partial charge in [-0.25, -0.2) is 0 Å². The van der Waals surface area contributed by atoms with E-state index < -0.39 is 0 Å². The molecule has 0 aliphatic heterocycles. The topological polar surface area (TPSA) is 45.7 Å². The first-order chi connectivity index (χ1) is 9.65. The van der Waals surface area contributed by atoms with Crippen LogP contribution < -0.4 is 10.6 Å². The molecule has 1 heterocycles. The Morgan fingerprint density at radius 1 is 1.43 bits per heavy atom. The number of methoxy groups -OCH3 is 1. The number of nitrogens with zero attached hydrogens (tertiary/aromatic N) is 1. The molecule has 21 heavy (non-hydrogen) atoms. The number of hydrogen-bond donors (Lipinski definition) is 2. The molecule has 2 N–H and O–H groups in total. The van der Waals surface area contributed by atoms with Crippen molar-refractivity contribution in [3.8, 4) is 0 Å². The molecule has 0 spiro atoms. The molecule has 1 unspecified atom stereocenters. The van der Waals surface area contributed by atoms with Crippen LogP contribution in [0.1, 0.15) is 30.0 Å². The first-order valence-electron chi connectivity index (χ1n) is 7.24. The lowest BCUT2D eigenvalue weighted by molar-refractivity contribution is 0.197. The predicted molar refractivity (Wildman–Crippen MR) is 103 cm³/mol. The van der Waals surface area contributed by atoms with Crippen molar-refractivity contribution in [1.82, 2.24) is 10.6 Å². The van der Waals surface area contributed by atoms with Crippen molar-refractivity contribution in [2.45, 2.75) is 39.7 Å². The molecule has 0 saturated heterocycles. The summed E-state index contributed by atoms with van der Waals surface area (Å²) in [5.41, 5.74) is 0. The summed E-state index contributed by atoms with van der Waals surface area (Å²) in [5.74, 6) is 0.893. The van der Waals surface area contributed by atoms with Crippen molar-refractivity contribution in [2.24, 2.45) is 4.99 Å². The largest absolute Gasteiger partial charge is 0.385 e. The molecule has 1 aromatic heterocycles. The fourth-order valence-electron chi connectivity index (χ4n) is 1.90. The number of aryl methyl sites for hydroxylation is 1. The number of nitrogens with one attached hydrogen (secondary N) is 2. The summed E-state index contributed by atoms with van der Waals surface area (Å²) >= 11 is 1.86. The SMILES string of the molecule is CCNC(=NCCCOC)NC(C)Cc1ccc(C)s1.I. The number of guanidine groups is 1. The Morgan fingerprint density at radius 3 is 2.76 bits per heavy atom. The van der Waals surface area contributed by atoms with Gasteiger partial charge in [0, 0.05) is 49.0 Å². The minimum absolute atomic E-state index is 0. The smallest absolute Gasteiger partial charge is 0.191 e. The van der Waals surface area contributed by atoms with E-state index in [1.807, 2.05) is 11.3 Å². The van der Waals surface area contributed by atoms with E-state index in [-0.39, 0.29) is 24.0 Å². The monoisotopic (exact) mass is 425 g/mol. The maximum absolute atomic E-state index is 5.04. The third kappa shape index (κ3) is 9.31. The zero-order valence-electron chi connectivity index (χ0n) is 13.4. The Morgan fingerprint density at radius 2 is 2.19 bits per heavy atom. The van der Waals surface area contributed by atoms with Crippen LogP contribution in [0.15, 0.2) is 17.1 Å². The van der Waals surface area contributed by atoms with Gasteiger partial charge in [0.2, 0.25) is 0 Å². The molecule has 0 fully saturated rings. The van der Waals surface area contributed by atoms with E-state index in [2.05, 4.69) is 48.5 Å². The first kappa shape index (κ1) is 20.7. The van der Waals surface area contributed by atoms with Gasteiger partial charge in [-0.3, -0.25) is 4.99 Å². The molecule has 0 aromatic carbocycles. The normalized spacial score (nSPS) is 12.7. The quantitative estimate of drug-likeness (QED) is 0.291. The second-order valence-corrected chi connectivity index (χ2v) is 6.24. The molecular weight excluding hydrogens is 397 g/mol. The number of hydrogen-bond acceptors (Lipinski definition) is 3. The van der Waals surface area contributed by atoms with E-state index in [0.29, 0.717) is 6.04 Å². The highest BCUT2D eigenvalue weighted by molar-refractivity contribution is 14.0. The molecule has 0 saturated carbocycles. The average Bonchev–Trinajstić information content (AvgIpc) is 2.80. The average molecular weight is 425 g/mol. The third-order valence-corrected chi connectivity index (χ3v) is 3.83. The van der Waals surface area contributed by atoms with E-state index in [4.69, 9.17) is 4.74 Å². The van der Waals surface area contributed by atoms with E-state index in [0.717, 1.165) is 38.5 Å². The lowest BCUT2D eigenvalue weighted by atomic mass is 10.2. The molecule has 0 aliphatic rings. The van der Waals surface area contributed by atoms with E-state index in [1.54, 1.807) is 7.11 Å². The van der Waals surface area contributed by atoms with Gasteiger partial charge in [-0.05, 0) is 39.3 Å². The highest BCUT2D eigenvalue weighted by atomic mass is 127. The zero-order valence-corrected chi connectivity index (χ0v) is 16.6. The fraction of sp³-hybridized carbons (Fsp3) is 0.667. The lowest BCUT2D eigenvalue weighted by Gasteiger charge is -2.17. The van der Waals surface area contributed by atoms with Crippen LogP contribution in [0.4, 0.5) is 0 Å². The summed E-state index contributed by atoms with van der Waals surface area (Å²) in [6, 6.07) is 4.76. The standard InChI is InChI=1S/C15H27N3OS.HI/c1-5-16-15(17-9-6-10-19-4)18-12(2)11-14-8-7-13(3)20-14;/h7-8,12H,5-6,9-11H2,1-4H3,(H2,16,17,18);1H. The van der Waals surface area contributed by atoms with Crippen molar-refractivity contribution >= 4 is 41.3 Å². The van der Waals surface area contributed by atoms with Crippen LogP contribution in [0.25, 0.3) is 0 Å². The van der Waals surface area contributed by atoms with Gasteiger partial charge in [0.1, 0.15) is 0 Å². The third-order valence-electron chi connectivity index (χ3n) is 2.81. The molecule has 1 rings (SSSR count). The summed E-state index contributed by atoms with van der Waals surface area (Å²) in [4.78, 5) is 7.34. The van der Waals surface area contributed by atoms with Crippen LogP contribution in [-0.4, -0.2) is 38.8 Å². The lowest BCUT2D eigenvalue weighted by Crippen LogP contribution is -2.43. The van der Waals surface area contributed by atoms with Crippen LogP contribution in [0, 0.1) is 6.92 Å². The Bertz CT molecular complexity index is 409. The van der Waals surface area contributed by atoms with E-state index >= 15 is 0 Å². The first-order valence-corrected chi connectivity index (χ1v) is 8.06. The summed E-state index contributed by atoms with van der Waals surface area (Å²) in [6.45, 7) is 8.84. The summed E-state index contributed by atoms with van der Waals surface area (Å²) in [7, 11) is 1.72. The minimum Gasteiger partial charge on any atom is -0.385 e. The summed E-state index contributed by atoms with van der Waals surface area (Å²) in [6.07, 6.45) is 1.98. The molecule has 1 atom stereocenters. The summed E-state index contributed by atoms with van der Waals surface area (Å²) in [5, 5.41) is 6.74. The molecule has 4 nitrogen and oxygen atoms in total. The Kier molecular flexibility index (Phi) is 12.0. The maximum atomic E-state index is 5.04. The Labute approximate surface area is 149 Å². The van der Waals surface area contributed by atoms with Crippen molar-refractivity contribution in [3.63, 3.8) is 0 Å². The maximum Gasteiger partial charge on any atom is 0.191 e. The van der Waals surface area contributed by atoms with Crippen molar-refractivity contribution in [3.05, 3.63) is 21.9 Å². The van der Waals surface area contributed by atoms with E-state index in [9.17, 15) is 0 Å². The molecular formula is C15H28IN3OS. The zero-order chi connectivity index (χ0) is 14.8. The highest BCUT2D eigenvalue weighted by Gasteiger charge is 2.07. The number of thiophene rings is 1. The predicted octanol–water partition coefficient (Wildman–Crippen LogP) is 3.20. The number of ether oxygens (including phenoxy) is 1. The van der Waals surface area contributed by atoms with Crippen LogP contribution in [0.3, 0.4) is 0 Å². The number of aliphatic imine (C=N–C) groups is 1.